The molecule has 0 unspecified atom stereocenters. The van der Waals surface area contributed by atoms with E-state index in [0.717, 1.165) is 0 Å². The Morgan fingerprint density at radius 3 is 2.41 bits per heavy atom. The van der Waals surface area contributed by atoms with Crippen molar-refractivity contribution in [2.75, 3.05) is 5.43 Å². The Kier molecular flexibility index (Phi) is 7.17. The van der Waals surface area contributed by atoms with Gasteiger partial charge in [-0.15, -0.1) is 0 Å². The van der Waals surface area contributed by atoms with Gasteiger partial charge in [0.05, 0.1) is 15.8 Å². The molecule has 0 aliphatic heterocycles. The van der Waals surface area contributed by atoms with Crippen LogP contribution in [0.5, 0.6) is 0 Å². The minimum Gasteiger partial charge on any atom is -0.277 e. The molecular formula is C21H24ClN5O4S. The Morgan fingerprint density at radius 1 is 1.12 bits per heavy atom. The summed E-state index contributed by atoms with van der Waals surface area (Å²) in [7, 11) is -3.97. The van der Waals surface area contributed by atoms with E-state index in [9.17, 15) is 18.0 Å². The summed E-state index contributed by atoms with van der Waals surface area (Å²) in [5.74, 6) is -0.841. The third-order valence-corrected chi connectivity index (χ3v) is 6.54. The van der Waals surface area contributed by atoms with Crippen molar-refractivity contribution in [3.8, 4) is 0 Å². The molecule has 1 heterocycles. The zero-order chi connectivity index (χ0) is 23.5. The van der Waals surface area contributed by atoms with Crippen LogP contribution in [0.3, 0.4) is 0 Å². The van der Waals surface area contributed by atoms with Crippen molar-refractivity contribution in [3.05, 3.63) is 63.9 Å². The highest BCUT2D eigenvalue weighted by molar-refractivity contribution is 7.89. The summed E-state index contributed by atoms with van der Waals surface area (Å²) in [6.45, 7) is 5.53. The molecule has 0 spiro atoms. The Morgan fingerprint density at radius 2 is 1.78 bits per heavy atom. The molecule has 0 aliphatic rings. The molecule has 0 saturated carbocycles. The number of nitrogens with zero attached hydrogens (tertiary/aromatic N) is 2. The maximum Gasteiger partial charge on any atom is 0.262 e. The molecule has 0 aliphatic carbocycles. The normalized spacial score (nSPS) is 12.7. The number of anilines is 1. The number of fused-ring (bicyclic) bond motifs is 1. The highest BCUT2D eigenvalue weighted by Gasteiger charge is 2.28. The molecule has 1 atom stereocenters. The molecule has 0 radical (unpaired) electrons. The number of aromatic nitrogens is 2. The van der Waals surface area contributed by atoms with E-state index in [-0.39, 0.29) is 22.3 Å². The van der Waals surface area contributed by atoms with E-state index in [1.54, 1.807) is 45.0 Å². The zero-order valence-corrected chi connectivity index (χ0v) is 19.4. The fraction of sp³-hybridized carbons (Fsp3) is 0.286. The van der Waals surface area contributed by atoms with E-state index in [4.69, 9.17) is 11.6 Å². The van der Waals surface area contributed by atoms with Gasteiger partial charge in [-0.25, -0.2) is 13.4 Å². The van der Waals surface area contributed by atoms with Crippen LogP contribution in [0.1, 0.15) is 20.8 Å². The summed E-state index contributed by atoms with van der Waals surface area (Å²) in [6, 6.07) is 11.4. The van der Waals surface area contributed by atoms with Gasteiger partial charge in [-0.05, 0) is 49.2 Å². The van der Waals surface area contributed by atoms with Crippen LogP contribution in [-0.4, -0.2) is 29.9 Å². The number of hydrazine groups is 1. The number of amides is 1. The minimum absolute atomic E-state index is 0.00988. The van der Waals surface area contributed by atoms with Gasteiger partial charge in [-0.2, -0.15) is 4.72 Å². The van der Waals surface area contributed by atoms with Crippen LogP contribution in [0.15, 0.2) is 58.2 Å². The van der Waals surface area contributed by atoms with Gasteiger partial charge in [-0.3, -0.25) is 25.0 Å². The summed E-state index contributed by atoms with van der Waals surface area (Å²) >= 11 is 5.82. The van der Waals surface area contributed by atoms with E-state index in [2.05, 4.69) is 20.6 Å². The molecule has 1 aromatic heterocycles. The van der Waals surface area contributed by atoms with Crippen molar-refractivity contribution >= 4 is 44.4 Å². The topological polar surface area (TPSA) is 122 Å². The van der Waals surface area contributed by atoms with Gasteiger partial charge in [0.2, 0.25) is 16.0 Å². The second-order valence-electron chi connectivity index (χ2n) is 7.41. The van der Waals surface area contributed by atoms with Crippen molar-refractivity contribution in [2.45, 2.75) is 38.3 Å². The zero-order valence-electron chi connectivity index (χ0n) is 17.8. The molecule has 3 N–H and O–H groups in total. The fourth-order valence-electron chi connectivity index (χ4n) is 3.09. The number of hydrogen-bond donors (Lipinski definition) is 3. The first-order valence-electron chi connectivity index (χ1n) is 9.97. The van der Waals surface area contributed by atoms with Crippen LogP contribution in [0, 0.1) is 5.92 Å². The lowest BCUT2D eigenvalue weighted by Gasteiger charge is -2.22. The molecular weight excluding hydrogens is 454 g/mol. The molecule has 2 aromatic carbocycles. The van der Waals surface area contributed by atoms with Gasteiger partial charge in [0.1, 0.15) is 6.04 Å². The van der Waals surface area contributed by atoms with Crippen LogP contribution in [0.25, 0.3) is 10.9 Å². The van der Waals surface area contributed by atoms with Crippen molar-refractivity contribution in [2.24, 2.45) is 5.92 Å². The lowest BCUT2D eigenvalue weighted by Crippen LogP contribution is -2.51. The van der Waals surface area contributed by atoms with Gasteiger partial charge < -0.3 is 0 Å². The number of halogens is 1. The third-order valence-electron chi connectivity index (χ3n) is 4.83. The van der Waals surface area contributed by atoms with E-state index in [1.807, 2.05) is 0 Å². The van der Waals surface area contributed by atoms with Gasteiger partial charge >= 0.3 is 0 Å². The van der Waals surface area contributed by atoms with Crippen molar-refractivity contribution < 1.29 is 13.2 Å². The van der Waals surface area contributed by atoms with E-state index in [0.29, 0.717) is 22.5 Å². The molecule has 32 heavy (non-hydrogen) atoms. The largest absolute Gasteiger partial charge is 0.277 e. The van der Waals surface area contributed by atoms with Crippen LogP contribution < -0.4 is 21.1 Å². The molecule has 3 aromatic rings. The SMILES string of the molecule is CCn1c(NNC(=O)[C@@H](NS(=O)(=O)c2ccc(Cl)cc2)C(C)C)nc2ccccc2c1=O. The Hall–Kier alpha value is -2.95. The minimum atomic E-state index is -3.97. The average Bonchev–Trinajstić information content (AvgIpc) is 2.76. The number of sulfonamides is 1. The van der Waals surface area contributed by atoms with E-state index in [1.165, 1.54) is 28.8 Å². The van der Waals surface area contributed by atoms with Crippen molar-refractivity contribution in [1.82, 2.24) is 19.7 Å². The lowest BCUT2D eigenvalue weighted by molar-refractivity contribution is -0.123. The number of carbonyl (C=O) groups excluding carboxylic acids is 1. The van der Waals surface area contributed by atoms with E-state index < -0.39 is 22.0 Å². The Balaban J connectivity index is 1.81. The smallest absolute Gasteiger partial charge is 0.262 e. The van der Waals surface area contributed by atoms with Gasteiger partial charge in [0, 0.05) is 11.6 Å². The van der Waals surface area contributed by atoms with Crippen LogP contribution >= 0.6 is 11.6 Å². The van der Waals surface area contributed by atoms with Crippen molar-refractivity contribution in [3.63, 3.8) is 0 Å². The van der Waals surface area contributed by atoms with Gasteiger partial charge in [0.25, 0.3) is 11.5 Å². The highest BCUT2D eigenvalue weighted by Crippen LogP contribution is 2.16. The number of hydrogen-bond acceptors (Lipinski definition) is 6. The Bertz CT molecular complexity index is 1290. The second kappa shape index (κ2) is 9.68. The molecule has 0 fully saturated rings. The molecule has 0 saturated heterocycles. The number of carbonyl (C=O) groups is 1. The van der Waals surface area contributed by atoms with Crippen LogP contribution in [-0.2, 0) is 21.4 Å². The first-order chi connectivity index (χ1) is 15.1. The number of para-hydroxylation sites is 1. The lowest BCUT2D eigenvalue weighted by atomic mass is 10.1. The standard InChI is InChI=1S/C21H24ClN5O4S/c1-4-27-20(29)16-7-5-6-8-17(16)23-21(27)25-24-19(28)18(13(2)3)26-32(30,31)15-11-9-14(22)10-12-15/h5-13,18,26H,4H2,1-3H3,(H,23,25)(H,24,28)/t18-/m0/s1. The van der Waals surface area contributed by atoms with E-state index >= 15 is 0 Å². The molecule has 3 rings (SSSR count). The number of benzene rings is 2. The summed E-state index contributed by atoms with van der Waals surface area (Å²) in [4.78, 5) is 29.9. The predicted molar refractivity (Wildman–Crippen MR) is 124 cm³/mol. The summed E-state index contributed by atoms with van der Waals surface area (Å²) in [5.41, 5.74) is 5.36. The second-order valence-corrected chi connectivity index (χ2v) is 9.56. The molecule has 0 bridgehead atoms. The molecule has 170 valence electrons. The monoisotopic (exact) mass is 477 g/mol. The summed E-state index contributed by atoms with van der Waals surface area (Å²) in [6.07, 6.45) is 0. The van der Waals surface area contributed by atoms with Crippen LogP contribution in [0.4, 0.5) is 5.95 Å². The summed E-state index contributed by atoms with van der Waals surface area (Å²) < 4.78 is 29.2. The first-order valence-corrected chi connectivity index (χ1v) is 11.8. The average molecular weight is 478 g/mol. The first kappa shape index (κ1) is 23.7. The fourth-order valence-corrected chi connectivity index (χ4v) is 4.56. The number of rotatable bonds is 8. The van der Waals surface area contributed by atoms with Crippen molar-refractivity contribution in [1.29, 1.82) is 0 Å². The van der Waals surface area contributed by atoms with Gasteiger partial charge in [-0.1, -0.05) is 37.6 Å². The maximum atomic E-state index is 12.8. The predicted octanol–water partition coefficient (Wildman–Crippen LogP) is 2.52. The number of nitrogens with one attached hydrogen (secondary N) is 3. The maximum absolute atomic E-state index is 12.8. The quantitative estimate of drug-likeness (QED) is 0.428. The third kappa shape index (κ3) is 5.09. The molecule has 9 nitrogen and oxygen atoms in total. The van der Waals surface area contributed by atoms with Crippen LogP contribution in [0.2, 0.25) is 5.02 Å². The molecule has 1 amide bonds. The Labute approximate surface area is 190 Å². The van der Waals surface area contributed by atoms with Gasteiger partial charge in [0.15, 0.2) is 0 Å². The summed E-state index contributed by atoms with van der Waals surface area (Å²) in [5, 5.41) is 0.859. The molecule has 11 heteroatoms. The highest BCUT2D eigenvalue weighted by atomic mass is 35.5.